The van der Waals surface area contributed by atoms with E-state index in [0.29, 0.717) is 36.1 Å². The zero-order chi connectivity index (χ0) is 13.7. The summed E-state index contributed by atoms with van der Waals surface area (Å²) in [6.07, 6.45) is 2.14. The molecule has 18 heavy (non-hydrogen) atoms. The molecule has 1 aromatic rings. The first-order valence-corrected chi connectivity index (χ1v) is 6.66. The third-order valence-electron chi connectivity index (χ3n) is 3.39. The largest absolute Gasteiger partial charge is 0.395 e. The number of nitrogens with zero attached hydrogens (tertiary/aromatic N) is 2. The summed E-state index contributed by atoms with van der Waals surface area (Å²) < 4.78 is 1.66. The van der Waals surface area contributed by atoms with E-state index in [1.165, 1.54) is 0 Å². The van der Waals surface area contributed by atoms with Crippen LogP contribution in [0, 0.1) is 12.8 Å². The molecule has 0 unspecified atom stereocenters. The van der Waals surface area contributed by atoms with Crippen LogP contribution in [0.4, 0.5) is 5.69 Å². The topological polar surface area (TPSA) is 72.9 Å². The maximum atomic E-state index is 12.1. The molecule has 0 aliphatic rings. The molecule has 0 saturated carbocycles. The van der Waals surface area contributed by atoms with Gasteiger partial charge in [-0.05, 0) is 19.8 Å². The summed E-state index contributed by atoms with van der Waals surface area (Å²) in [5.41, 5.74) is 7.59. The first kappa shape index (κ1) is 14.5. The van der Waals surface area contributed by atoms with Crippen molar-refractivity contribution in [2.45, 2.75) is 47.1 Å². The lowest BCUT2D eigenvalue weighted by Gasteiger charge is -2.13. The molecule has 0 aromatic carbocycles. The highest BCUT2D eigenvalue weighted by Gasteiger charge is 2.19. The average Bonchev–Trinajstić information content (AvgIpc) is 2.66. The lowest BCUT2D eigenvalue weighted by molar-refractivity contribution is 0.0936. The van der Waals surface area contributed by atoms with Gasteiger partial charge >= 0.3 is 0 Å². The van der Waals surface area contributed by atoms with E-state index in [1.807, 2.05) is 13.8 Å². The van der Waals surface area contributed by atoms with Crippen molar-refractivity contribution in [2.75, 3.05) is 12.3 Å². The Balaban J connectivity index is 2.78. The Labute approximate surface area is 109 Å². The van der Waals surface area contributed by atoms with E-state index in [-0.39, 0.29) is 5.91 Å². The van der Waals surface area contributed by atoms with Gasteiger partial charge in [-0.3, -0.25) is 9.48 Å². The third kappa shape index (κ3) is 3.03. The number of anilines is 1. The smallest absolute Gasteiger partial charge is 0.271 e. The maximum absolute atomic E-state index is 12.1. The monoisotopic (exact) mass is 252 g/mol. The second-order valence-electron chi connectivity index (χ2n) is 4.56. The Hall–Kier alpha value is -1.52. The van der Waals surface area contributed by atoms with Crippen LogP contribution in [-0.2, 0) is 6.54 Å². The molecular formula is C13H24N4O. The van der Waals surface area contributed by atoms with Crippen molar-refractivity contribution in [1.82, 2.24) is 15.1 Å². The van der Waals surface area contributed by atoms with Gasteiger partial charge in [-0.1, -0.05) is 26.7 Å². The number of hydrogen-bond donors (Lipinski definition) is 2. The molecule has 1 aromatic heterocycles. The second-order valence-corrected chi connectivity index (χ2v) is 4.56. The normalized spacial score (nSPS) is 10.9. The molecule has 0 bridgehead atoms. The van der Waals surface area contributed by atoms with Crippen LogP contribution < -0.4 is 11.1 Å². The van der Waals surface area contributed by atoms with Crippen molar-refractivity contribution in [2.24, 2.45) is 5.92 Å². The van der Waals surface area contributed by atoms with Crippen molar-refractivity contribution < 1.29 is 4.79 Å². The average molecular weight is 252 g/mol. The number of hydrogen-bond acceptors (Lipinski definition) is 3. The van der Waals surface area contributed by atoms with Crippen molar-refractivity contribution in [3.8, 4) is 0 Å². The molecule has 0 saturated heterocycles. The van der Waals surface area contributed by atoms with Gasteiger partial charge in [0.2, 0.25) is 0 Å². The molecule has 0 atom stereocenters. The minimum absolute atomic E-state index is 0.123. The Bertz CT molecular complexity index is 407. The van der Waals surface area contributed by atoms with Gasteiger partial charge in [-0.2, -0.15) is 5.10 Å². The standard InChI is InChI=1S/C13H24N4O/c1-5-10(6-2)8-15-13(18)12-11(14)9(4)16-17(12)7-3/h10H,5-8,14H2,1-4H3,(H,15,18). The number of carbonyl (C=O) groups excluding carboxylic acids is 1. The molecule has 5 heteroatoms. The van der Waals surface area contributed by atoms with Crippen LogP contribution in [0.3, 0.4) is 0 Å². The molecule has 0 fully saturated rings. The molecule has 102 valence electrons. The number of nitrogens with two attached hydrogens (primary N) is 1. The van der Waals surface area contributed by atoms with Gasteiger partial charge in [0.15, 0.2) is 0 Å². The van der Waals surface area contributed by atoms with Crippen molar-refractivity contribution in [3.05, 3.63) is 11.4 Å². The zero-order valence-corrected chi connectivity index (χ0v) is 11.8. The lowest BCUT2D eigenvalue weighted by Crippen LogP contribution is -2.31. The van der Waals surface area contributed by atoms with Gasteiger partial charge in [-0.15, -0.1) is 0 Å². The number of nitrogen functional groups attached to an aromatic ring is 1. The van der Waals surface area contributed by atoms with Gasteiger partial charge in [0.25, 0.3) is 5.91 Å². The number of rotatable bonds is 6. The zero-order valence-electron chi connectivity index (χ0n) is 11.8. The molecule has 1 rings (SSSR count). The fourth-order valence-corrected chi connectivity index (χ4v) is 1.96. The summed E-state index contributed by atoms with van der Waals surface area (Å²) in [7, 11) is 0. The molecule has 1 amide bonds. The fraction of sp³-hybridized carbons (Fsp3) is 0.692. The highest BCUT2D eigenvalue weighted by molar-refractivity contribution is 5.97. The quantitative estimate of drug-likeness (QED) is 0.813. The summed E-state index contributed by atoms with van der Waals surface area (Å²) >= 11 is 0. The van der Waals surface area contributed by atoms with E-state index in [9.17, 15) is 4.79 Å². The molecule has 5 nitrogen and oxygen atoms in total. The SMILES string of the molecule is CCC(CC)CNC(=O)c1c(N)c(C)nn1CC. The van der Waals surface area contributed by atoms with Crippen LogP contribution in [0.25, 0.3) is 0 Å². The number of aromatic nitrogens is 2. The van der Waals surface area contributed by atoms with Crippen molar-refractivity contribution in [3.63, 3.8) is 0 Å². The van der Waals surface area contributed by atoms with Gasteiger partial charge in [-0.25, -0.2) is 0 Å². The van der Waals surface area contributed by atoms with Crippen LogP contribution in [0.15, 0.2) is 0 Å². The second kappa shape index (κ2) is 6.42. The van der Waals surface area contributed by atoms with Crippen LogP contribution >= 0.6 is 0 Å². The minimum atomic E-state index is -0.123. The highest BCUT2D eigenvalue weighted by Crippen LogP contribution is 2.16. The summed E-state index contributed by atoms with van der Waals surface area (Å²) in [5, 5.41) is 7.20. The summed E-state index contributed by atoms with van der Waals surface area (Å²) in [6.45, 7) is 9.37. The molecule has 0 spiro atoms. The number of carbonyl (C=O) groups is 1. The van der Waals surface area contributed by atoms with Crippen molar-refractivity contribution in [1.29, 1.82) is 0 Å². The number of nitrogens with one attached hydrogen (secondary N) is 1. The van der Waals surface area contributed by atoms with E-state index in [1.54, 1.807) is 4.68 Å². The van der Waals surface area contributed by atoms with E-state index < -0.39 is 0 Å². The van der Waals surface area contributed by atoms with Crippen molar-refractivity contribution >= 4 is 11.6 Å². The first-order chi connectivity index (χ1) is 8.54. The summed E-state index contributed by atoms with van der Waals surface area (Å²) in [4.78, 5) is 12.1. The minimum Gasteiger partial charge on any atom is -0.395 e. The van der Waals surface area contributed by atoms with E-state index in [4.69, 9.17) is 5.73 Å². The molecule has 0 aliphatic carbocycles. The summed E-state index contributed by atoms with van der Waals surface area (Å²) in [5.74, 6) is 0.399. The highest BCUT2D eigenvalue weighted by atomic mass is 16.2. The van der Waals surface area contributed by atoms with E-state index >= 15 is 0 Å². The molecule has 0 radical (unpaired) electrons. The Morgan fingerprint density at radius 1 is 1.39 bits per heavy atom. The van der Waals surface area contributed by atoms with Crippen LogP contribution in [0.1, 0.15) is 49.8 Å². The van der Waals surface area contributed by atoms with E-state index in [0.717, 1.165) is 12.8 Å². The van der Waals surface area contributed by atoms with E-state index in [2.05, 4.69) is 24.3 Å². The third-order valence-corrected chi connectivity index (χ3v) is 3.39. The predicted octanol–water partition coefficient (Wildman–Crippen LogP) is 1.96. The molecule has 3 N–H and O–H groups in total. The first-order valence-electron chi connectivity index (χ1n) is 6.66. The fourth-order valence-electron chi connectivity index (χ4n) is 1.96. The number of aryl methyl sites for hydroxylation is 2. The van der Waals surface area contributed by atoms with Crippen LogP contribution in [-0.4, -0.2) is 22.2 Å². The molecule has 1 heterocycles. The Morgan fingerprint density at radius 3 is 2.50 bits per heavy atom. The summed E-state index contributed by atoms with van der Waals surface area (Å²) in [6, 6.07) is 0. The van der Waals surface area contributed by atoms with Crippen LogP contribution in [0.2, 0.25) is 0 Å². The van der Waals surface area contributed by atoms with Gasteiger partial charge < -0.3 is 11.1 Å². The Morgan fingerprint density at radius 2 is 2.00 bits per heavy atom. The lowest BCUT2D eigenvalue weighted by atomic mass is 10.0. The maximum Gasteiger partial charge on any atom is 0.271 e. The molecule has 0 aliphatic heterocycles. The van der Waals surface area contributed by atoms with Gasteiger partial charge in [0.1, 0.15) is 5.69 Å². The number of amides is 1. The van der Waals surface area contributed by atoms with Gasteiger partial charge in [0, 0.05) is 13.1 Å². The Kier molecular flexibility index (Phi) is 5.19. The van der Waals surface area contributed by atoms with Crippen LogP contribution in [0.5, 0.6) is 0 Å². The van der Waals surface area contributed by atoms with Gasteiger partial charge in [0.05, 0.1) is 11.4 Å². The molecular weight excluding hydrogens is 228 g/mol. The predicted molar refractivity (Wildman–Crippen MR) is 73.5 cm³/mol.